The fourth-order valence-corrected chi connectivity index (χ4v) is 9.00. The molecule has 7 fully saturated rings. The number of rotatable bonds is 5. The highest BCUT2D eigenvalue weighted by atomic mass is 17.3. The summed E-state index contributed by atoms with van der Waals surface area (Å²) in [5.74, 6) is 3.13. The zero-order valence-electron chi connectivity index (χ0n) is 22.7. The first-order chi connectivity index (χ1) is 17.8. The molecule has 1 aromatic rings. The molecule has 37 heavy (non-hydrogen) atoms. The van der Waals surface area contributed by atoms with E-state index in [9.17, 15) is 5.11 Å². The van der Waals surface area contributed by atoms with E-state index >= 15 is 0 Å². The predicted molar refractivity (Wildman–Crippen MR) is 140 cm³/mol. The lowest BCUT2D eigenvalue weighted by molar-refractivity contribution is -0.390. The van der Waals surface area contributed by atoms with Crippen molar-refractivity contribution in [2.24, 2.45) is 23.7 Å². The standard InChI is InChI=1S/C31H45NO5/c1-29(2,33)20-32-12-9-28(10-13-32)34-27-7-5-23(6-8-27)24-4-3-11-30(19-24)35-31(37-36-30)25-15-21-14-22(17-25)18-26(31)16-21/h5-8,21-22,24-26,28,33H,3-4,9-20H2,1-2H3/t21?,22?,24?,25-,26?,30-,31+/m1/s1. The summed E-state index contributed by atoms with van der Waals surface area (Å²) >= 11 is 0. The Morgan fingerprint density at radius 3 is 2.27 bits per heavy atom. The first-order valence-corrected chi connectivity index (χ1v) is 15.1. The maximum absolute atomic E-state index is 10.1. The van der Waals surface area contributed by atoms with Crippen LogP contribution in [0.4, 0.5) is 0 Å². The van der Waals surface area contributed by atoms with Gasteiger partial charge in [-0.1, -0.05) is 12.1 Å². The highest BCUT2D eigenvalue weighted by molar-refractivity contribution is 5.30. The van der Waals surface area contributed by atoms with Gasteiger partial charge in [-0.3, -0.25) is 0 Å². The zero-order valence-corrected chi connectivity index (χ0v) is 22.7. The summed E-state index contributed by atoms with van der Waals surface area (Å²) in [5.41, 5.74) is 0.711. The van der Waals surface area contributed by atoms with E-state index in [1.165, 1.54) is 44.1 Å². The molecule has 1 unspecified atom stereocenters. The van der Waals surface area contributed by atoms with Crippen molar-refractivity contribution in [1.82, 2.24) is 4.90 Å². The second-order valence-corrected chi connectivity index (χ2v) is 14.0. The molecule has 8 rings (SSSR count). The Morgan fingerprint density at radius 1 is 0.946 bits per heavy atom. The fraction of sp³-hybridized carbons (Fsp3) is 0.806. The Labute approximate surface area is 221 Å². The lowest BCUT2D eigenvalue weighted by Gasteiger charge is -2.57. The quantitative estimate of drug-likeness (QED) is 0.506. The Balaban J connectivity index is 0.964. The molecule has 2 spiro atoms. The van der Waals surface area contributed by atoms with Crippen LogP contribution in [0, 0.1) is 23.7 Å². The first kappa shape index (κ1) is 24.8. The predicted octanol–water partition coefficient (Wildman–Crippen LogP) is 5.79. The van der Waals surface area contributed by atoms with Gasteiger partial charge in [-0.25, -0.2) is 0 Å². The van der Waals surface area contributed by atoms with Crippen LogP contribution in [-0.4, -0.2) is 52.9 Å². The molecular weight excluding hydrogens is 466 g/mol. The van der Waals surface area contributed by atoms with Gasteiger partial charge in [-0.2, -0.15) is 9.78 Å². The number of hydrogen-bond acceptors (Lipinski definition) is 6. The number of nitrogens with zero attached hydrogens (tertiary/aromatic N) is 1. The SMILES string of the molecule is CC(C)(O)CN1CCC(Oc2ccc(C3CCC[C@]4(C3)OO[C@]3(O4)C4CC5CC(C4)C[C@@H]3C5)cc2)CC1. The number of β-amino-alcohol motifs (C(OH)–C–C–N with tert-alkyl or cyclic N) is 1. The van der Waals surface area contributed by atoms with E-state index in [0.717, 1.165) is 69.3 Å². The molecule has 5 aliphatic carbocycles. The summed E-state index contributed by atoms with van der Waals surface area (Å²) in [6.45, 7) is 6.43. The minimum Gasteiger partial charge on any atom is -0.490 e. The van der Waals surface area contributed by atoms with E-state index in [2.05, 4.69) is 29.2 Å². The minimum atomic E-state index is -0.641. The number of hydrogen-bond donors (Lipinski definition) is 1. The molecule has 6 nitrogen and oxygen atoms in total. The van der Waals surface area contributed by atoms with Crippen molar-refractivity contribution in [1.29, 1.82) is 0 Å². The highest BCUT2D eigenvalue weighted by Gasteiger charge is 2.67. The second kappa shape index (κ2) is 9.19. The van der Waals surface area contributed by atoms with Crippen molar-refractivity contribution >= 4 is 0 Å². The number of ether oxygens (including phenoxy) is 2. The van der Waals surface area contributed by atoms with Crippen LogP contribution in [0.5, 0.6) is 5.75 Å². The molecule has 0 amide bonds. The smallest absolute Gasteiger partial charge is 0.210 e. The minimum absolute atomic E-state index is 0.247. The number of benzene rings is 1. The molecule has 5 saturated carbocycles. The lowest BCUT2D eigenvalue weighted by atomic mass is 9.53. The van der Waals surface area contributed by atoms with E-state index in [1.54, 1.807) is 0 Å². The van der Waals surface area contributed by atoms with Crippen molar-refractivity contribution in [3.8, 4) is 5.75 Å². The van der Waals surface area contributed by atoms with Crippen molar-refractivity contribution < 1.29 is 24.4 Å². The zero-order chi connectivity index (χ0) is 25.3. The summed E-state index contributed by atoms with van der Waals surface area (Å²) in [6, 6.07) is 8.78. The summed E-state index contributed by atoms with van der Waals surface area (Å²) < 4.78 is 13.3. The third-order valence-electron chi connectivity index (χ3n) is 10.4. The topological polar surface area (TPSA) is 60.4 Å². The third-order valence-corrected chi connectivity index (χ3v) is 10.4. The molecule has 2 aliphatic heterocycles. The van der Waals surface area contributed by atoms with Crippen LogP contribution >= 0.6 is 0 Å². The second-order valence-electron chi connectivity index (χ2n) is 14.0. The first-order valence-electron chi connectivity index (χ1n) is 15.1. The van der Waals surface area contributed by atoms with Crippen molar-refractivity contribution in [2.75, 3.05) is 19.6 Å². The lowest BCUT2D eigenvalue weighted by Crippen LogP contribution is -2.59. The normalized spacial score (nSPS) is 42.2. The van der Waals surface area contributed by atoms with Gasteiger partial charge in [0, 0.05) is 44.3 Å². The van der Waals surface area contributed by atoms with Crippen molar-refractivity contribution in [3.05, 3.63) is 29.8 Å². The molecular formula is C31H45NO5. The van der Waals surface area contributed by atoms with Crippen LogP contribution in [0.2, 0.25) is 0 Å². The number of likely N-dealkylation sites (tertiary alicyclic amines) is 1. The molecule has 2 heterocycles. The maximum atomic E-state index is 10.1. The molecule has 0 aromatic heterocycles. The van der Waals surface area contributed by atoms with Crippen molar-refractivity contribution in [2.45, 2.75) is 114 Å². The Morgan fingerprint density at radius 2 is 1.62 bits per heavy atom. The Hall–Kier alpha value is -1.18. The molecule has 7 aliphatic rings. The van der Waals surface area contributed by atoms with Gasteiger partial charge in [-0.15, -0.1) is 0 Å². The van der Waals surface area contributed by atoms with Gasteiger partial charge in [0.15, 0.2) is 0 Å². The van der Waals surface area contributed by atoms with E-state index in [4.69, 9.17) is 19.2 Å². The van der Waals surface area contributed by atoms with Crippen LogP contribution in [0.25, 0.3) is 0 Å². The van der Waals surface area contributed by atoms with Crippen LogP contribution < -0.4 is 4.74 Å². The number of piperidine rings is 1. The number of aliphatic hydroxyl groups is 1. The van der Waals surface area contributed by atoms with Gasteiger partial charge in [0.2, 0.25) is 11.6 Å². The summed E-state index contributed by atoms with van der Waals surface area (Å²) in [6.07, 6.45) is 12.8. The summed E-state index contributed by atoms with van der Waals surface area (Å²) in [5, 5.41) is 10.1. The van der Waals surface area contributed by atoms with Gasteiger partial charge in [0.1, 0.15) is 11.9 Å². The molecule has 6 heteroatoms. The largest absolute Gasteiger partial charge is 0.490 e. The molecule has 4 bridgehead atoms. The molecule has 0 radical (unpaired) electrons. The van der Waals surface area contributed by atoms with Crippen LogP contribution in [0.1, 0.15) is 96.0 Å². The Kier molecular flexibility index (Phi) is 6.17. The van der Waals surface area contributed by atoms with E-state index < -0.39 is 17.2 Å². The average molecular weight is 512 g/mol. The van der Waals surface area contributed by atoms with Crippen molar-refractivity contribution in [3.63, 3.8) is 0 Å². The van der Waals surface area contributed by atoms with Gasteiger partial charge < -0.3 is 19.5 Å². The molecule has 1 N–H and O–H groups in total. The highest BCUT2D eigenvalue weighted by Crippen LogP contribution is 2.64. The van der Waals surface area contributed by atoms with Crippen LogP contribution in [0.3, 0.4) is 0 Å². The molecule has 1 aromatic carbocycles. The van der Waals surface area contributed by atoms with E-state index in [0.29, 0.717) is 17.8 Å². The van der Waals surface area contributed by atoms with E-state index in [-0.39, 0.29) is 6.10 Å². The van der Waals surface area contributed by atoms with E-state index in [1.807, 2.05) is 13.8 Å². The van der Waals surface area contributed by atoms with Crippen LogP contribution in [0.15, 0.2) is 24.3 Å². The van der Waals surface area contributed by atoms with Gasteiger partial charge >= 0.3 is 0 Å². The molecule has 2 atom stereocenters. The molecule has 2 saturated heterocycles. The summed E-state index contributed by atoms with van der Waals surface area (Å²) in [4.78, 5) is 14.8. The van der Waals surface area contributed by atoms with Crippen LogP contribution in [-0.2, 0) is 14.5 Å². The Bertz CT molecular complexity index is 937. The summed E-state index contributed by atoms with van der Waals surface area (Å²) in [7, 11) is 0. The molecule has 204 valence electrons. The average Bonchev–Trinajstić information content (AvgIpc) is 3.22. The third kappa shape index (κ3) is 4.75. The maximum Gasteiger partial charge on any atom is 0.210 e. The van der Waals surface area contributed by atoms with Gasteiger partial charge in [0.25, 0.3) is 0 Å². The monoisotopic (exact) mass is 511 g/mol. The van der Waals surface area contributed by atoms with Gasteiger partial charge in [0.05, 0.1) is 5.60 Å². The van der Waals surface area contributed by atoms with Gasteiger partial charge in [-0.05, 0) is 107 Å². The fourth-order valence-electron chi connectivity index (χ4n) is 9.00.